The van der Waals surface area contributed by atoms with Gasteiger partial charge < -0.3 is 15.1 Å². The monoisotopic (exact) mass is 488 g/mol. The SMILES string of the molecule is Cc1ccc(N2CCC(CCCC(=O)N3CCC(Nc4ccnc(C(F)(F)F)c4)CC3)CC2)cc1. The molecule has 0 aliphatic carbocycles. The van der Waals surface area contributed by atoms with Crippen molar-refractivity contribution in [3.8, 4) is 0 Å². The Morgan fingerprint density at radius 2 is 1.71 bits per heavy atom. The lowest BCUT2D eigenvalue weighted by Crippen LogP contribution is -2.42. The summed E-state index contributed by atoms with van der Waals surface area (Å²) in [6.45, 7) is 5.54. The largest absolute Gasteiger partial charge is 0.433 e. The molecule has 35 heavy (non-hydrogen) atoms. The number of pyridine rings is 1. The fraction of sp³-hybridized carbons (Fsp3) is 0.556. The summed E-state index contributed by atoms with van der Waals surface area (Å²) in [5, 5.41) is 3.18. The second kappa shape index (κ2) is 11.3. The molecule has 190 valence electrons. The van der Waals surface area contributed by atoms with E-state index in [0.717, 1.165) is 44.8 Å². The van der Waals surface area contributed by atoms with Crippen molar-refractivity contribution in [3.63, 3.8) is 0 Å². The fourth-order valence-electron chi connectivity index (χ4n) is 5.12. The van der Waals surface area contributed by atoms with Gasteiger partial charge in [-0.1, -0.05) is 17.7 Å². The maximum absolute atomic E-state index is 12.9. The van der Waals surface area contributed by atoms with Gasteiger partial charge in [0.1, 0.15) is 5.69 Å². The lowest BCUT2D eigenvalue weighted by atomic mass is 9.91. The minimum Gasteiger partial charge on any atom is -0.382 e. The number of amides is 1. The second-order valence-electron chi connectivity index (χ2n) is 9.89. The van der Waals surface area contributed by atoms with Crippen molar-refractivity contribution in [1.29, 1.82) is 0 Å². The Bertz CT molecular complexity index is 963. The van der Waals surface area contributed by atoms with Crippen LogP contribution in [0.2, 0.25) is 0 Å². The third kappa shape index (κ3) is 7.12. The summed E-state index contributed by atoms with van der Waals surface area (Å²) in [6.07, 6.45) is 3.12. The van der Waals surface area contributed by atoms with E-state index in [0.29, 0.717) is 31.1 Å². The van der Waals surface area contributed by atoms with Gasteiger partial charge in [0.2, 0.25) is 5.91 Å². The highest BCUT2D eigenvalue weighted by Gasteiger charge is 2.32. The second-order valence-corrected chi connectivity index (χ2v) is 9.89. The summed E-state index contributed by atoms with van der Waals surface area (Å²) in [4.78, 5) is 20.5. The standard InChI is InChI=1S/C27H35F3N4O/c1-20-5-7-24(8-6-20)33-15-10-21(11-16-33)3-2-4-26(35)34-17-12-22(13-18-34)32-23-9-14-31-25(19-23)27(28,29)30/h5-9,14,19,21-22H,2-4,10-13,15-18H2,1H3,(H,31,32). The summed E-state index contributed by atoms with van der Waals surface area (Å²) in [5.41, 5.74) is 2.11. The molecule has 2 aliphatic heterocycles. The number of nitrogens with zero attached hydrogens (tertiary/aromatic N) is 3. The third-order valence-corrected chi connectivity index (χ3v) is 7.29. The molecule has 2 aliphatic rings. The summed E-state index contributed by atoms with van der Waals surface area (Å²) >= 11 is 0. The molecule has 0 spiro atoms. The first-order valence-corrected chi connectivity index (χ1v) is 12.7. The maximum Gasteiger partial charge on any atom is 0.433 e. The molecule has 1 N–H and O–H groups in total. The predicted octanol–water partition coefficient (Wildman–Crippen LogP) is 5.90. The van der Waals surface area contributed by atoms with E-state index >= 15 is 0 Å². The lowest BCUT2D eigenvalue weighted by Gasteiger charge is -2.34. The van der Waals surface area contributed by atoms with Crippen molar-refractivity contribution >= 4 is 17.3 Å². The molecule has 5 nitrogen and oxygen atoms in total. The van der Waals surface area contributed by atoms with Gasteiger partial charge in [0, 0.05) is 56.2 Å². The van der Waals surface area contributed by atoms with Crippen LogP contribution >= 0.6 is 0 Å². The van der Waals surface area contributed by atoms with Crippen molar-refractivity contribution in [3.05, 3.63) is 53.9 Å². The number of alkyl halides is 3. The van der Waals surface area contributed by atoms with Crippen molar-refractivity contribution < 1.29 is 18.0 Å². The number of nitrogens with one attached hydrogen (secondary N) is 1. The molecule has 0 saturated carbocycles. The quantitative estimate of drug-likeness (QED) is 0.527. The zero-order valence-corrected chi connectivity index (χ0v) is 20.4. The third-order valence-electron chi connectivity index (χ3n) is 7.29. The number of carbonyl (C=O) groups excluding carboxylic acids is 1. The van der Waals surface area contributed by atoms with E-state index in [-0.39, 0.29) is 11.9 Å². The van der Waals surface area contributed by atoms with Gasteiger partial charge in [-0.3, -0.25) is 9.78 Å². The zero-order chi connectivity index (χ0) is 24.8. The zero-order valence-electron chi connectivity index (χ0n) is 20.4. The van der Waals surface area contributed by atoms with Crippen LogP contribution in [-0.4, -0.2) is 48.0 Å². The lowest BCUT2D eigenvalue weighted by molar-refractivity contribution is -0.141. The minimum atomic E-state index is -4.45. The van der Waals surface area contributed by atoms with Gasteiger partial charge >= 0.3 is 6.18 Å². The number of carbonyl (C=O) groups is 1. The Hall–Kier alpha value is -2.77. The maximum atomic E-state index is 12.9. The Balaban J connectivity index is 1.13. The topological polar surface area (TPSA) is 48.5 Å². The molecular weight excluding hydrogens is 453 g/mol. The molecule has 3 heterocycles. The molecule has 0 radical (unpaired) electrons. The van der Waals surface area contributed by atoms with Crippen molar-refractivity contribution in [2.24, 2.45) is 5.92 Å². The van der Waals surface area contributed by atoms with E-state index in [4.69, 9.17) is 0 Å². The van der Waals surface area contributed by atoms with Gasteiger partial charge in [0.25, 0.3) is 0 Å². The Morgan fingerprint density at radius 1 is 1.03 bits per heavy atom. The number of aromatic nitrogens is 1. The summed E-state index contributed by atoms with van der Waals surface area (Å²) in [5.74, 6) is 0.880. The van der Waals surface area contributed by atoms with E-state index in [2.05, 4.69) is 46.4 Å². The summed E-state index contributed by atoms with van der Waals surface area (Å²) in [7, 11) is 0. The predicted molar refractivity (Wildman–Crippen MR) is 132 cm³/mol. The molecule has 2 fully saturated rings. The normalized spacial score (nSPS) is 18.1. The molecule has 2 aromatic rings. The Labute approximate surface area is 205 Å². The number of benzene rings is 1. The Morgan fingerprint density at radius 3 is 2.37 bits per heavy atom. The molecular formula is C27H35F3N4O. The van der Waals surface area contributed by atoms with Crippen molar-refractivity contribution in [2.45, 2.75) is 64.1 Å². The van der Waals surface area contributed by atoms with Crippen LogP contribution in [0.1, 0.15) is 56.2 Å². The van der Waals surface area contributed by atoms with Crippen LogP contribution in [0.5, 0.6) is 0 Å². The average molecular weight is 489 g/mol. The summed E-state index contributed by atoms with van der Waals surface area (Å²) < 4.78 is 38.6. The minimum absolute atomic E-state index is 0.0567. The fourth-order valence-corrected chi connectivity index (χ4v) is 5.12. The number of halogens is 3. The van der Waals surface area contributed by atoms with Crippen LogP contribution < -0.4 is 10.2 Å². The van der Waals surface area contributed by atoms with Gasteiger partial charge in [-0.05, 0) is 75.6 Å². The van der Waals surface area contributed by atoms with E-state index in [1.165, 1.54) is 30.3 Å². The molecule has 4 rings (SSSR count). The van der Waals surface area contributed by atoms with E-state index in [1.54, 1.807) is 6.07 Å². The molecule has 2 saturated heterocycles. The van der Waals surface area contributed by atoms with Gasteiger partial charge in [-0.15, -0.1) is 0 Å². The number of anilines is 2. The first-order valence-electron chi connectivity index (χ1n) is 12.7. The van der Waals surface area contributed by atoms with Gasteiger partial charge in [0.05, 0.1) is 0 Å². The van der Waals surface area contributed by atoms with E-state index in [9.17, 15) is 18.0 Å². The van der Waals surface area contributed by atoms with Crippen molar-refractivity contribution in [1.82, 2.24) is 9.88 Å². The number of piperidine rings is 2. The highest BCUT2D eigenvalue weighted by molar-refractivity contribution is 5.76. The summed E-state index contributed by atoms with van der Waals surface area (Å²) in [6, 6.07) is 11.4. The first kappa shape index (κ1) is 25.3. The highest BCUT2D eigenvalue weighted by Crippen LogP contribution is 2.30. The van der Waals surface area contributed by atoms with Crippen LogP contribution in [0.4, 0.5) is 24.5 Å². The Kier molecular flexibility index (Phi) is 8.19. The molecule has 1 aromatic carbocycles. The number of hydrogen-bond donors (Lipinski definition) is 1. The van der Waals surface area contributed by atoms with Crippen LogP contribution in [0.25, 0.3) is 0 Å². The van der Waals surface area contributed by atoms with Crippen LogP contribution in [0.15, 0.2) is 42.6 Å². The van der Waals surface area contributed by atoms with Crippen molar-refractivity contribution in [2.75, 3.05) is 36.4 Å². The molecule has 0 unspecified atom stereocenters. The van der Waals surface area contributed by atoms with Crippen LogP contribution in [0, 0.1) is 12.8 Å². The molecule has 1 amide bonds. The van der Waals surface area contributed by atoms with Gasteiger partial charge in [0.15, 0.2) is 0 Å². The first-order chi connectivity index (χ1) is 16.8. The van der Waals surface area contributed by atoms with E-state index < -0.39 is 11.9 Å². The number of aryl methyl sites for hydroxylation is 1. The smallest absolute Gasteiger partial charge is 0.382 e. The molecule has 0 atom stereocenters. The number of hydrogen-bond acceptors (Lipinski definition) is 4. The van der Waals surface area contributed by atoms with Gasteiger partial charge in [-0.25, -0.2) is 0 Å². The number of rotatable bonds is 7. The molecule has 1 aromatic heterocycles. The van der Waals surface area contributed by atoms with Crippen LogP contribution in [0.3, 0.4) is 0 Å². The van der Waals surface area contributed by atoms with Gasteiger partial charge in [-0.2, -0.15) is 13.2 Å². The number of likely N-dealkylation sites (tertiary alicyclic amines) is 1. The highest BCUT2D eigenvalue weighted by atomic mass is 19.4. The molecule has 8 heteroatoms. The van der Waals surface area contributed by atoms with E-state index in [1.807, 2.05) is 4.90 Å². The van der Waals surface area contributed by atoms with Crippen LogP contribution in [-0.2, 0) is 11.0 Å². The molecule has 0 bridgehead atoms. The average Bonchev–Trinajstić information content (AvgIpc) is 2.85.